The molecule has 20 heavy (non-hydrogen) atoms. The predicted molar refractivity (Wildman–Crippen MR) is 75.5 cm³/mol. The van der Waals surface area contributed by atoms with Gasteiger partial charge in [0.15, 0.2) is 0 Å². The Morgan fingerprint density at radius 3 is 2.65 bits per heavy atom. The lowest BCUT2D eigenvalue weighted by molar-refractivity contribution is -0.182. The Bertz CT molecular complexity index is 404. The van der Waals surface area contributed by atoms with Crippen LogP contribution in [0.15, 0.2) is 0 Å². The van der Waals surface area contributed by atoms with Crippen molar-refractivity contribution >= 4 is 5.91 Å². The minimum Gasteiger partial charge on any atom is -0.378 e. The Labute approximate surface area is 120 Å². The second-order valence-electron chi connectivity index (χ2n) is 7.04. The summed E-state index contributed by atoms with van der Waals surface area (Å²) in [6.07, 6.45) is 4.14. The molecule has 1 unspecified atom stereocenters. The van der Waals surface area contributed by atoms with Crippen molar-refractivity contribution in [2.45, 2.75) is 43.8 Å². The topological polar surface area (TPSA) is 36.0 Å². The van der Waals surface area contributed by atoms with Crippen LogP contribution in [0.5, 0.6) is 0 Å². The summed E-state index contributed by atoms with van der Waals surface area (Å²) in [5.74, 6) is 0.219. The molecular formula is C15H25N3O2. The van der Waals surface area contributed by atoms with E-state index >= 15 is 0 Å². The molecule has 3 saturated heterocycles. The van der Waals surface area contributed by atoms with Gasteiger partial charge in [0, 0.05) is 45.7 Å². The molecule has 1 spiro atoms. The van der Waals surface area contributed by atoms with Crippen LogP contribution in [0.25, 0.3) is 0 Å². The fourth-order valence-electron chi connectivity index (χ4n) is 4.44. The van der Waals surface area contributed by atoms with Gasteiger partial charge in [-0.15, -0.1) is 0 Å². The number of hydrogen-bond donors (Lipinski definition) is 0. The average Bonchev–Trinajstić information content (AvgIpc) is 2.34. The Hall–Kier alpha value is -0.650. The number of fused-ring (bicyclic) bond motifs is 2. The smallest absolute Gasteiger partial charge is 0.219 e. The van der Waals surface area contributed by atoms with Crippen molar-refractivity contribution in [3.8, 4) is 0 Å². The highest BCUT2D eigenvalue weighted by Gasteiger charge is 2.56. The average molecular weight is 279 g/mol. The third kappa shape index (κ3) is 1.90. The molecule has 4 fully saturated rings. The molecule has 0 radical (unpaired) electrons. The van der Waals surface area contributed by atoms with E-state index in [1.807, 2.05) is 4.90 Å². The van der Waals surface area contributed by atoms with Gasteiger partial charge in [-0.1, -0.05) is 6.42 Å². The molecule has 0 aromatic carbocycles. The Morgan fingerprint density at radius 2 is 2.00 bits per heavy atom. The van der Waals surface area contributed by atoms with Gasteiger partial charge in [-0.3, -0.25) is 14.6 Å². The first-order valence-corrected chi connectivity index (χ1v) is 8.02. The van der Waals surface area contributed by atoms with Gasteiger partial charge in [0.05, 0.1) is 24.8 Å². The summed E-state index contributed by atoms with van der Waals surface area (Å²) in [7, 11) is 0. The summed E-state index contributed by atoms with van der Waals surface area (Å²) in [6, 6.07) is 1.23. The Balaban J connectivity index is 1.51. The first kappa shape index (κ1) is 13.0. The maximum atomic E-state index is 11.8. The number of morpholine rings is 1. The zero-order valence-electron chi connectivity index (χ0n) is 12.4. The molecule has 4 aliphatic rings. The summed E-state index contributed by atoms with van der Waals surface area (Å²) in [4.78, 5) is 19.2. The highest BCUT2D eigenvalue weighted by Crippen LogP contribution is 2.40. The summed E-state index contributed by atoms with van der Waals surface area (Å²) in [6.45, 7) is 8.44. The number of ether oxygens (including phenoxy) is 1. The van der Waals surface area contributed by atoms with Crippen LogP contribution in [-0.2, 0) is 9.53 Å². The van der Waals surface area contributed by atoms with Gasteiger partial charge in [0.25, 0.3) is 0 Å². The summed E-state index contributed by atoms with van der Waals surface area (Å²) in [5.41, 5.74) is 0.216. The van der Waals surface area contributed by atoms with Gasteiger partial charge in [-0.2, -0.15) is 0 Å². The number of amides is 1. The number of rotatable bonds is 1. The molecule has 3 heterocycles. The molecule has 0 aromatic heterocycles. The summed E-state index contributed by atoms with van der Waals surface area (Å²) < 4.78 is 5.64. The van der Waals surface area contributed by atoms with Crippen LogP contribution in [-0.4, -0.2) is 84.2 Å². The number of hydrogen-bond acceptors (Lipinski definition) is 4. The summed E-state index contributed by atoms with van der Waals surface area (Å²) in [5, 5.41) is 0. The Kier molecular flexibility index (Phi) is 3.05. The van der Waals surface area contributed by atoms with Crippen LogP contribution in [0.4, 0.5) is 0 Å². The second-order valence-corrected chi connectivity index (χ2v) is 7.04. The van der Waals surface area contributed by atoms with Crippen molar-refractivity contribution in [3.05, 3.63) is 0 Å². The number of carbonyl (C=O) groups is 1. The van der Waals surface area contributed by atoms with E-state index in [4.69, 9.17) is 4.74 Å². The standard InChI is InChI=1S/C15H25N3O2/c1-12(19)16-7-14-8-20-6-5-18(14)15(9-16)10-17(11-15)13-3-2-4-13/h13-14H,2-11H2,1H3. The van der Waals surface area contributed by atoms with Crippen molar-refractivity contribution in [1.82, 2.24) is 14.7 Å². The van der Waals surface area contributed by atoms with Crippen LogP contribution < -0.4 is 0 Å². The van der Waals surface area contributed by atoms with Crippen LogP contribution in [0.1, 0.15) is 26.2 Å². The van der Waals surface area contributed by atoms with Crippen molar-refractivity contribution in [2.75, 3.05) is 45.9 Å². The monoisotopic (exact) mass is 279 g/mol. The van der Waals surface area contributed by atoms with Gasteiger partial charge in [-0.25, -0.2) is 0 Å². The van der Waals surface area contributed by atoms with Gasteiger partial charge in [-0.05, 0) is 12.8 Å². The molecule has 1 atom stereocenters. The number of carbonyl (C=O) groups excluding carboxylic acids is 1. The van der Waals surface area contributed by atoms with Crippen LogP contribution in [0.2, 0.25) is 0 Å². The van der Waals surface area contributed by atoms with E-state index in [2.05, 4.69) is 9.80 Å². The SMILES string of the molecule is CC(=O)N1CC2COCCN2C2(C1)CN(C1CCC1)C2. The fourth-order valence-corrected chi connectivity index (χ4v) is 4.44. The predicted octanol–water partition coefficient (Wildman–Crippen LogP) is 0.156. The van der Waals surface area contributed by atoms with E-state index in [0.717, 1.165) is 52.0 Å². The van der Waals surface area contributed by atoms with E-state index in [-0.39, 0.29) is 11.4 Å². The normalized spacial score (nSPS) is 34.5. The zero-order chi connectivity index (χ0) is 13.7. The van der Waals surface area contributed by atoms with Crippen LogP contribution >= 0.6 is 0 Å². The molecule has 112 valence electrons. The molecule has 0 bridgehead atoms. The third-order valence-corrected chi connectivity index (χ3v) is 5.78. The first-order chi connectivity index (χ1) is 9.68. The minimum absolute atomic E-state index is 0.216. The number of nitrogens with zero attached hydrogens (tertiary/aromatic N) is 3. The molecule has 5 nitrogen and oxygen atoms in total. The second kappa shape index (κ2) is 4.68. The highest BCUT2D eigenvalue weighted by atomic mass is 16.5. The van der Waals surface area contributed by atoms with Crippen molar-refractivity contribution in [2.24, 2.45) is 0 Å². The maximum absolute atomic E-state index is 11.8. The lowest BCUT2D eigenvalue weighted by atomic mass is 9.78. The first-order valence-electron chi connectivity index (χ1n) is 8.02. The van der Waals surface area contributed by atoms with Gasteiger partial charge in [0.2, 0.25) is 5.91 Å². The van der Waals surface area contributed by atoms with Gasteiger partial charge >= 0.3 is 0 Å². The van der Waals surface area contributed by atoms with Crippen molar-refractivity contribution < 1.29 is 9.53 Å². The molecular weight excluding hydrogens is 254 g/mol. The molecule has 1 aliphatic carbocycles. The van der Waals surface area contributed by atoms with Gasteiger partial charge < -0.3 is 9.64 Å². The van der Waals surface area contributed by atoms with E-state index in [1.54, 1.807) is 6.92 Å². The molecule has 1 amide bonds. The van der Waals surface area contributed by atoms with Gasteiger partial charge in [0.1, 0.15) is 0 Å². The lowest BCUT2D eigenvalue weighted by Crippen LogP contribution is -2.82. The molecule has 1 saturated carbocycles. The summed E-state index contributed by atoms with van der Waals surface area (Å²) >= 11 is 0. The van der Waals surface area contributed by atoms with Crippen molar-refractivity contribution in [1.29, 1.82) is 0 Å². The Morgan fingerprint density at radius 1 is 1.20 bits per heavy atom. The molecule has 0 N–H and O–H groups in total. The maximum Gasteiger partial charge on any atom is 0.219 e. The van der Waals surface area contributed by atoms with E-state index in [1.165, 1.54) is 19.3 Å². The minimum atomic E-state index is 0.216. The molecule has 3 aliphatic heterocycles. The zero-order valence-corrected chi connectivity index (χ0v) is 12.4. The molecule has 0 aromatic rings. The largest absolute Gasteiger partial charge is 0.378 e. The molecule has 4 rings (SSSR count). The van der Waals surface area contributed by atoms with E-state index in [0.29, 0.717) is 6.04 Å². The van der Waals surface area contributed by atoms with Crippen LogP contribution in [0, 0.1) is 0 Å². The fraction of sp³-hybridized carbons (Fsp3) is 0.933. The number of piperazine rings is 1. The number of likely N-dealkylation sites (tertiary alicyclic amines) is 1. The lowest BCUT2D eigenvalue weighted by Gasteiger charge is -2.65. The van der Waals surface area contributed by atoms with E-state index < -0.39 is 0 Å². The third-order valence-electron chi connectivity index (χ3n) is 5.78. The van der Waals surface area contributed by atoms with Crippen molar-refractivity contribution in [3.63, 3.8) is 0 Å². The quantitative estimate of drug-likeness (QED) is 0.685. The molecule has 5 heteroatoms. The van der Waals surface area contributed by atoms with Crippen LogP contribution in [0.3, 0.4) is 0 Å². The highest BCUT2D eigenvalue weighted by molar-refractivity contribution is 5.73. The van der Waals surface area contributed by atoms with E-state index in [9.17, 15) is 4.79 Å².